The van der Waals surface area contributed by atoms with E-state index >= 15 is 0 Å². The molecule has 3 N–H and O–H groups in total. The highest BCUT2D eigenvalue weighted by Crippen LogP contribution is 2.21. The summed E-state index contributed by atoms with van der Waals surface area (Å²) in [5.74, 6) is -0.145. The van der Waals surface area contributed by atoms with Gasteiger partial charge in [0.1, 0.15) is 5.69 Å². The van der Waals surface area contributed by atoms with Crippen molar-refractivity contribution in [2.75, 3.05) is 6.54 Å². The van der Waals surface area contributed by atoms with Gasteiger partial charge in [-0.25, -0.2) is 13.6 Å². The van der Waals surface area contributed by atoms with Gasteiger partial charge < -0.3 is 9.88 Å². The van der Waals surface area contributed by atoms with Crippen LogP contribution in [-0.4, -0.2) is 36.8 Å². The standard InChI is InChI=1S/C13H21N3O3S/c1-2-10-6-4-3-5-7-16(10)13(17)12-8-11(9-15-12)20(14,18)19/h8-10,15H,2-7H2,1H3,(H2,14,18,19). The molecule has 20 heavy (non-hydrogen) atoms. The molecule has 0 radical (unpaired) electrons. The van der Waals surface area contributed by atoms with Crippen molar-refractivity contribution in [3.05, 3.63) is 18.0 Å². The van der Waals surface area contributed by atoms with Gasteiger partial charge in [0.15, 0.2) is 0 Å². The number of aromatic amines is 1. The van der Waals surface area contributed by atoms with Crippen molar-refractivity contribution < 1.29 is 13.2 Å². The minimum absolute atomic E-state index is 0.0521. The molecule has 1 atom stereocenters. The van der Waals surface area contributed by atoms with Gasteiger partial charge in [-0.3, -0.25) is 4.79 Å². The summed E-state index contributed by atoms with van der Waals surface area (Å²) >= 11 is 0. The predicted molar refractivity (Wildman–Crippen MR) is 75.7 cm³/mol. The predicted octanol–water partition coefficient (Wildman–Crippen LogP) is 1.46. The zero-order valence-electron chi connectivity index (χ0n) is 11.6. The topological polar surface area (TPSA) is 96.3 Å². The fourth-order valence-electron chi connectivity index (χ4n) is 2.69. The highest BCUT2D eigenvalue weighted by molar-refractivity contribution is 7.89. The second-order valence-corrected chi connectivity index (χ2v) is 6.77. The lowest BCUT2D eigenvalue weighted by molar-refractivity contribution is 0.0673. The van der Waals surface area contributed by atoms with E-state index in [0.717, 1.165) is 38.6 Å². The van der Waals surface area contributed by atoms with E-state index in [0.29, 0.717) is 0 Å². The number of H-pyrrole nitrogens is 1. The Balaban J connectivity index is 2.23. The fourth-order valence-corrected chi connectivity index (χ4v) is 3.19. The molecule has 1 amide bonds. The molecule has 1 aliphatic heterocycles. The maximum Gasteiger partial charge on any atom is 0.270 e. The second-order valence-electron chi connectivity index (χ2n) is 5.20. The van der Waals surface area contributed by atoms with E-state index in [4.69, 9.17) is 5.14 Å². The van der Waals surface area contributed by atoms with E-state index < -0.39 is 10.0 Å². The maximum absolute atomic E-state index is 12.5. The zero-order valence-corrected chi connectivity index (χ0v) is 12.4. The number of sulfonamides is 1. The number of hydrogen-bond acceptors (Lipinski definition) is 3. The first kappa shape index (κ1) is 15.1. The average Bonchev–Trinajstić information content (AvgIpc) is 2.77. The molecule has 7 heteroatoms. The molecule has 112 valence electrons. The Kier molecular flexibility index (Phi) is 4.49. The third-order valence-electron chi connectivity index (χ3n) is 3.82. The van der Waals surface area contributed by atoms with Crippen molar-refractivity contribution >= 4 is 15.9 Å². The average molecular weight is 299 g/mol. The smallest absolute Gasteiger partial charge is 0.270 e. The number of rotatable bonds is 3. The first-order valence-electron chi connectivity index (χ1n) is 6.95. The van der Waals surface area contributed by atoms with Crippen LogP contribution in [0.5, 0.6) is 0 Å². The lowest BCUT2D eigenvalue weighted by Crippen LogP contribution is -2.39. The van der Waals surface area contributed by atoms with Crippen LogP contribution in [0.1, 0.15) is 49.5 Å². The highest BCUT2D eigenvalue weighted by atomic mass is 32.2. The Labute approximate surface area is 119 Å². The maximum atomic E-state index is 12.5. The molecular weight excluding hydrogens is 278 g/mol. The molecule has 2 heterocycles. The molecule has 1 aliphatic rings. The molecule has 1 unspecified atom stereocenters. The summed E-state index contributed by atoms with van der Waals surface area (Å²) in [6.45, 7) is 2.79. The van der Waals surface area contributed by atoms with Crippen molar-refractivity contribution in [1.29, 1.82) is 0 Å². The molecule has 1 aromatic heterocycles. The van der Waals surface area contributed by atoms with Crippen molar-refractivity contribution in [1.82, 2.24) is 9.88 Å². The number of aromatic nitrogens is 1. The molecule has 1 fully saturated rings. The van der Waals surface area contributed by atoms with E-state index in [1.165, 1.54) is 12.3 Å². The first-order chi connectivity index (χ1) is 9.43. The third kappa shape index (κ3) is 3.21. The number of hydrogen-bond donors (Lipinski definition) is 2. The number of likely N-dealkylation sites (tertiary alicyclic amines) is 1. The Hall–Kier alpha value is -1.34. The van der Waals surface area contributed by atoms with Crippen LogP contribution in [0.2, 0.25) is 0 Å². The normalized spacial score (nSPS) is 20.7. The molecule has 1 saturated heterocycles. The van der Waals surface area contributed by atoms with E-state index in [2.05, 4.69) is 11.9 Å². The van der Waals surface area contributed by atoms with Crippen LogP contribution in [0.15, 0.2) is 17.2 Å². The number of nitrogens with one attached hydrogen (secondary N) is 1. The largest absolute Gasteiger partial charge is 0.356 e. The number of nitrogens with zero attached hydrogens (tertiary/aromatic N) is 1. The third-order valence-corrected chi connectivity index (χ3v) is 4.72. The Morgan fingerprint density at radius 2 is 2.20 bits per heavy atom. The molecule has 0 spiro atoms. The van der Waals surface area contributed by atoms with Gasteiger partial charge in [-0.1, -0.05) is 19.8 Å². The number of carbonyl (C=O) groups excluding carboxylic acids is 1. The molecule has 0 bridgehead atoms. The van der Waals surface area contributed by atoms with Crippen LogP contribution < -0.4 is 5.14 Å². The van der Waals surface area contributed by atoms with E-state index in [9.17, 15) is 13.2 Å². The van der Waals surface area contributed by atoms with Crippen molar-refractivity contribution in [3.63, 3.8) is 0 Å². The molecular formula is C13H21N3O3S. The summed E-state index contributed by atoms with van der Waals surface area (Å²) in [4.78, 5) is 17.0. The number of nitrogens with two attached hydrogens (primary N) is 1. The summed E-state index contributed by atoms with van der Waals surface area (Å²) in [7, 11) is -3.77. The van der Waals surface area contributed by atoms with Gasteiger partial charge in [-0.2, -0.15) is 0 Å². The summed E-state index contributed by atoms with van der Waals surface area (Å²) in [6, 6.07) is 1.54. The molecule has 1 aromatic rings. The summed E-state index contributed by atoms with van der Waals surface area (Å²) in [6.07, 6.45) is 6.44. The van der Waals surface area contributed by atoms with Crippen LogP contribution in [0.4, 0.5) is 0 Å². The fraction of sp³-hybridized carbons (Fsp3) is 0.615. The molecule has 6 nitrogen and oxygen atoms in total. The molecule has 0 aliphatic carbocycles. The van der Waals surface area contributed by atoms with Crippen LogP contribution >= 0.6 is 0 Å². The molecule has 0 saturated carbocycles. The van der Waals surface area contributed by atoms with E-state index in [1.807, 2.05) is 4.90 Å². The van der Waals surface area contributed by atoms with E-state index in [-0.39, 0.29) is 22.5 Å². The summed E-state index contributed by atoms with van der Waals surface area (Å²) in [5.41, 5.74) is 0.286. The minimum Gasteiger partial charge on any atom is -0.356 e. The SMILES string of the molecule is CCC1CCCCCN1C(=O)c1cc(S(N)(=O)=O)c[nH]1. The van der Waals surface area contributed by atoms with Gasteiger partial charge in [0, 0.05) is 18.8 Å². The van der Waals surface area contributed by atoms with Gasteiger partial charge in [-0.15, -0.1) is 0 Å². The van der Waals surface area contributed by atoms with Crippen molar-refractivity contribution in [2.24, 2.45) is 5.14 Å². The van der Waals surface area contributed by atoms with Crippen LogP contribution in [0.25, 0.3) is 0 Å². The highest BCUT2D eigenvalue weighted by Gasteiger charge is 2.26. The van der Waals surface area contributed by atoms with Crippen LogP contribution in [0, 0.1) is 0 Å². The lowest BCUT2D eigenvalue weighted by Gasteiger charge is -2.28. The van der Waals surface area contributed by atoms with Crippen molar-refractivity contribution in [2.45, 2.75) is 50.0 Å². The number of amides is 1. The van der Waals surface area contributed by atoms with Gasteiger partial charge in [0.2, 0.25) is 10.0 Å². The lowest BCUT2D eigenvalue weighted by atomic mass is 10.1. The Bertz CT molecular complexity index is 579. The zero-order chi connectivity index (χ0) is 14.8. The monoisotopic (exact) mass is 299 g/mol. The van der Waals surface area contributed by atoms with Gasteiger partial charge in [0.25, 0.3) is 5.91 Å². The number of primary sulfonamides is 1. The van der Waals surface area contributed by atoms with Crippen LogP contribution in [-0.2, 0) is 10.0 Å². The molecule has 0 aromatic carbocycles. The van der Waals surface area contributed by atoms with Gasteiger partial charge >= 0.3 is 0 Å². The Morgan fingerprint density at radius 1 is 1.45 bits per heavy atom. The Morgan fingerprint density at radius 3 is 2.80 bits per heavy atom. The van der Waals surface area contributed by atoms with E-state index in [1.54, 1.807) is 0 Å². The van der Waals surface area contributed by atoms with Gasteiger partial charge in [0.05, 0.1) is 4.90 Å². The first-order valence-corrected chi connectivity index (χ1v) is 8.50. The summed E-state index contributed by atoms with van der Waals surface area (Å²) in [5, 5.41) is 5.05. The van der Waals surface area contributed by atoms with Crippen molar-refractivity contribution in [3.8, 4) is 0 Å². The number of carbonyl (C=O) groups is 1. The summed E-state index contributed by atoms with van der Waals surface area (Å²) < 4.78 is 22.5. The molecule has 2 rings (SSSR count). The van der Waals surface area contributed by atoms with Crippen LogP contribution in [0.3, 0.4) is 0 Å². The minimum atomic E-state index is -3.77. The second kappa shape index (κ2) is 5.97. The quantitative estimate of drug-likeness (QED) is 0.884. The van der Waals surface area contributed by atoms with Gasteiger partial charge in [-0.05, 0) is 25.3 Å².